The zero-order valence-corrected chi connectivity index (χ0v) is 5.48. The molecule has 1 rings (SSSR count). The maximum Gasteiger partial charge on any atom is 0.449 e. The first kappa shape index (κ1) is 8.23. The number of hydrogen-bond acceptors (Lipinski definition) is 1. The molecular weight excluding hydrogens is 156 g/mol. The van der Waals surface area contributed by atoms with E-state index < -0.39 is 11.9 Å². The van der Waals surface area contributed by atoms with E-state index in [1.807, 2.05) is 0 Å². The summed E-state index contributed by atoms with van der Waals surface area (Å²) in [5.74, 6) is -0.865. The van der Waals surface area contributed by atoms with Gasteiger partial charge in [-0.15, -0.1) is 0 Å². The number of rotatable bonds is 1. The minimum atomic E-state index is -4.41. The first-order chi connectivity index (χ1) is 5.04. The van der Waals surface area contributed by atoms with Gasteiger partial charge in [-0.25, -0.2) is 0 Å². The summed E-state index contributed by atoms with van der Waals surface area (Å²) in [5, 5.41) is 0. The highest BCUT2D eigenvalue weighted by molar-refractivity contribution is 6.08. The topological polar surface area (TPSA) is 13.1 Å². The van der Waals surface area contributed by atoms with Crippen LogP contribution in [0.1, 0.15) is 11.5 Å². The van der Waals surface area contributed by atoms with Crippen LogP contribution in [0, 0.1) is 0 Å². The predicted molar refractivity (Wildman–Crippen MR) is 33.2 cm³/mol. The lowest BCUT2D eigenvalue weighted by atomic mass is 10.0. The molecule has 0 saturated carbocycles. The molecule has 11 heavy (non-hydrogen) atoms. The average Bonchev–Trinajstić information content (AvgIpc) is 2.32. The molecule has 0 N–H and O–H groups in total. The third-order valence-corrected chi connectivity index (χ3v) is 1.14. The predicted octanol–water partition coefficient (Wildman–Crippen LogP) is 1.97. The van der Waals surface area contributed by atoms with Gasteiger partial charge in [0, 0.05) is 0 Å². The molecule has 5 heteroatoms. The van der Waals surface area contributed by atoms with Gasteiger partial charge in [-0.2, -0.15) is 13.2 Å². The van der Waals surface area contributed by atoms with Crippen molar-refractivity contribution in [2.24, 2.45) is 0 Å². The van der Waals surface area contributed by atoms with Gasteiger partial charge in [-0.1, -0.05) is 0 Å². The summed E-state index contributed by atoms with van der Waals surface area (Å²) in [6, 6.07) is 2.07. The Balaban J connectivity index is 2.89. The number of halogens is 3. The van der Waals surface area contributed by atoms with Crippen LogP contribution >= 0.6 is 0 Å². The quantitative estimate of drug-likeness (QED) is 0.572. The van der Waals surface area contributed by atoms with Crippen LogP contribution in [0.5, 0.6) is 0 Å². The second-order valence-electron chi connectivity index (χ2n) is 1.97. The van der Waals surface area contributed by atoms with E-state index in [-0.39, 0.29) is 12.1 Å². The molecule has 0 aliphatic rings. The molecule has 2 radical (unpaired) electrons. The molecule has 0 unspecified atom stereocenters. The van der Waals surface area contributed by atoms with Crippen molar-refractivity contribution in [1.82, 2.24) is 0 Å². The number of hydrogen-bond donors (Lipinski definition) is 0. The summed E-state index contributed by atoms with van der Waals surface area (Å²) >= 11 is 0. The van der Waals surface area contributed by atoms with Crippen molar-refractivity contribution < 1.29 is 17.6 Å². The lowest BCUT2D eigenvalue weighted by Crippen LogP contribution is -2.02. The van der Waals surface area contributed by atoms with Crippen molar-refractivity contribution in [3.05, 3.63) is 23.7 Å². The summed E-state index contributed by atoms with van der Waals surface area (Å²) in [6.07, 6.45) is -4.43. The monoisotopic (exact) mass is 160 g/mol. The first-order valence-electron chi connectivity index (χ1n) is 2.90. The van der Waals surface area contributed by atoms with Crippen molar-refractivity contribution in [2.75, 3.05) is 0 Å². The average molecular weight is 160 g/mol. The molecule has 0 amide bonds. The second kappa shape index (κ2) is 2.64. The van der Waals surface area contributed by atoms with Crippen LogP contribution in [-0.2, 0) is 12.5 Å². The molecule has 0 saturated heterocycles. The number of furan rings is 1. The number of alkyl halides is 3. The molecule has 0 fully saturated rings. The maximum atomic E-state index is 11.8. The highest BCUT2D eigenvalue weighted by Gasteiger charge is 2.34. The fourth-order valence-corrected chi connectivity index (χ4v) is 0.640. The van der Waals surface area contributed by atoms with Crippen LogP contribution in [-0.4, -0.2) is 7.85 Å². The van der Waals surface area contributed by atoms with Gasteiger partial charge in [0.1, 0.15) is 0 Å². The van der Waals surface area contributed by atoms with Crippen molar-refractivity contribution in [3.8, 4) is 0 Å². The van der Waals surface area contributed by atoms with E-state index in [0.717, 1.165) is 6.07 Å². The molecule has 0 bridgehead atoms. The largest absolute Gasteiger partial charge is 0.457 e. The maximum absolute atomic E-state index is 11.8. The van der Waals surface area contributed by atoms with Crippen LogP contribution in [0.25, 0.3) is 0 Å². The van der Waals surface area contributed by atoms with Crippen LogP contribution in [0.2, 0.25) is 0 Å². The highest BCUT2D eigenvalue weighted by atomic mass is 19.4. The second-order valence-corrected chi connectivity index (χ2v) is 1.97. The Morgan fingerprint density at radius 1 is 1.36 bits per heavy atom. The van der Waals surface area contributed by atoms with Crippen molar-refractivity contribution in [3.63, 3.8) is 0 Å². The Kier molecular flexibility index (Phi) is 1.98. The molecule has 1 heterocycles. The summed E-state index contributed by atoms with van der Waals surface area (Å²) in [5.41, 5.74) is 0. The van der Waals surface area contributed by atoms with E-state index in [1.54, 1.807) is 0 Å². The molecule has 0 spiro atoms. The third kappa shape index (κ3) is 1.79. The van der Waals surface area contributed by atoms with E-state index in [9.17, 15) is 13.2 Å². The molecule has 0 atom stereocenters. The Morgan fingerprint density at radius 3 is 2.27 bits per heavy atom. The van der Waals surface area contributed by atoms with Gasteiger partial charge >= 0.3 is 6.18 Å². The molecule has 0 aliphatic heterocycles. The van der Waals surface area contributed by atoms with Gasteiger partial charge in [-0.3, -0.25) is 0 Å². The molecule has 1 aromatic rings. The molecule has 58 valence electrons. The fourth-order valence-electron chi connectivity index (χ4n) is 0.640. The van der Waals surface area contributed by atoms with E-state index in [4.69, 9.17) is 7.85 Å². The van der Waals surface area contributed by atoms with Crippen LogP contribution in [0.3, 0.4) is 0 Å². The van der Waals surface area contributed by atoms with E-state index in [0.29, 0.717) is 0 Å². The highest BCUT2D eigenvalue weighted by Crippen LogP contribution is 2.30. The fraction of sp³-hybridized carbons (Fsp3) is 0.333. The Hall–Kier alpha value is -0.865. The zero-order valence-electron chi connectivity index (χ0n) is 5.48. The normalized spacial score (nSPS) is 11.9. The van der Waals surface area contributed by atoms with Crippen LogP contribution in [0.4, 0.5) is 13.2 Å². The van der Waals surface area contributed by atoms with E-state index in [2.05, 4.69) is 4.42 Å². The summed E-state index contributed by atoms with van der Waals surface area (Å²) in [7, 11) is 5.05. The van der Waals surface area contributed by atoms with Gasteiger partial charge in [0.15, 0.2) is 0 Å². The van der Waals surface area contributed by atoms with Gasteiger partial charge in [-0.05, 0) is 18.5 Å². The van der Waals surface area contributed by atoms with Gasteiger partial charge in [0.25, 0.3) is 0 Å². The van der Waals surface area contributed by atoms with Gasteiger partial charge in [0.05, 0.1) is 13.6 Å². The zero-order chi connectivity index (χ0) is 8.48. The minimum absolute atomic E-state index is 0.0178. The third-order valence-electron chi connectivity index (χ3n) is 1.14. The molecular formula is C6H4BF3O. The van der Waals surface area contributed by atoms with Gasteiger partial charge in [0.2, 0.25) is 5.76 Å². The standard InChI is InChI=1S/C6H4BF3O/c7-3-4-1-2-5(11-4)6(8,9)10/h1-2H,3H2. The lowest BCUT2D eigenvalue weighted by molar-refractivity contribution is -0.153. The SMILES string of the molecule is [B]Cc1ccc(C(F)(F)F)o1. The van der Waals surface area contributed by atoms with Crippen LogP contribution < -0.4 is 0 Å². The van der Waals surface area contributed by atoms with Crippen molar-refractivity contribution in [1.29, 1.82) is 0 Å². The van der Waals surface area contributed by atoms with E-state index >= 15 is 0 Å². The Morgan fingerprint density at radius 2 is 2.00 bits per heavy atom. The van der Waals surface area contributed by atoms with Crippen LogP contribution in [0.15, 0.2) is 16.5 Å². The van der Waals surface area contributed by atoms with Crippen molar-refractivity contribution >= 4 is 7.85 Å². The molecule has 1 aromatic heterocycles. The summed E-state index contributed by atoms with van der Waals surface area (Å²) in [6.45, 7) is 0. The molecule has 0 aliphatic carbocycles. The first-order valence-corrected chi connectivity index (χ1v) is 2.90. The van der Waals surface area contributed by atoms with Gasteiger partial charge < -0.3 is 4.42 Å². The van der Waals surface area contributed by atoms with Crippen molar-refractivity contribution in [2.45, 2.75) is 12.5 Å². The molecule has 0 aromatic carbocycles. The molecule has 1 nitrogen and oxygen atoms in total. The smallest absolute Gasteiger partial charge is 0.449 e. The minimum Gasteiger partial charge on any atom is -0.457 e. The summed E-state index contributed by atoms with van der Waals surface area (Å²) in [4.78, 5) is 0. The Labute approximate surface area is 62.6 Å². The Bertz CT molecular complexity index is 240. The van der Waals surface area contributed by atoms with E-state index in [1.165, 1.54) is 6.07 Å². The lowest BCUT2D eigenvalue weighted by Gasteiger charge is -1.99. The summed E-state index contributed by atoms with van der Waals surface area (Å²) < 4.78 is 39.8.